The number of benzene rings is 3. The molecule has 0 unspecified atom stereocenters. The lowest BCUT2D eigenvalue weighted by molar-refractivity contribution is 0.414. The Morgan fingerprint density at radius 2 is 1.57 bits per heavy atom. The van der Waals surface area contributed by atoms with Gasteiger partial charge >= 0.3 is 0 Å². The van der Waals surface area contributed by atoms with Crippen LogP contribution < -0.4 is 4.90 Å². The lowest BCUT2D eigenvalue weighted by Crippen LogP contribution is -2.37. The van der Waals surface area contributed by atoms with E-state index in [0.29, 0.717) is 0 Å². The van der Waals surface area contributed by atoms with E-state index in [4.69, 9.17) is 0 Å². The number of rotatable bonds is 5. The van der Waals surface area contributed by atoms with Gasteiger partial charge in [-0.15, -0.1) is 0 Å². The summed E-state index contributed by atoms with van der Waals surface area (Å²) in [5, 5.41) is 0. The zero-order chi connectivity index (χ0) is 20.5. The molecule has 1 heteroatoms. The molecule has 1 fully saturated rings. The van der Waals surface area contributed by atoms with Crippen LogP contribution >= 0.6 is 0 Å². The second-order valence-electron chi connectivity index (χ2n) is 9.19. The Labute approximate surface area is 181 Å². The van der Waals surface area contributed by atoms with Crippen molar-refractivity contribution in [3.05, 3.63) is 77.4 Å². The Kier molecular flexibility index (Phi) is 5.37. The van der Waals surface area contributed by atoms with Gasteiger partial charge in [0.2, 0.25) is 0 Å². The van der Waals surface area contributed by atoms with Crippen molar-refractivity contribution < 1.29 is 0 Å². The molecule has 0 amide bonds. The van der Waals surface area contributed by atoms with Gasteiger partial charge in [-0.05, 0) is 89.8 Å². The summed E-state index contributed by atoms with van der Waals surface area (Å²) < 4.78 is 0. The van der Waals surface area contributed by atoms with Crippen molar-refractivity contribution in [3.8, 4) is 22.3 Å². The standard InChI is InChI=1S/C29H33N/c1-3-16-30(25-12-8-5-9-13-25)26-15-14-23-18-24-19-27(22-10-6-4-7-11-22)21(2)17-28(24)29(23)20-26/h4,6-7,10-11,14-15,17,19-20,25H,3,5,8-9,12-13,16,18H2,1-2H3. The second kappa shape index (κ2) is 8.30. The predicted octanol–water partition coefficient (Wildman–Crippen LogP) is 7.78. The van der Waals surface area contributed by atoms with Gasteiger partial charge in [-0.2, -0.15) is 0 Å². The molecule has 0 saturated heterocycles. The molecule has 1 saturated carbocycles. The minimum Gasteiger partial charge on any atom is -0.369 e. The smallest absolute Gasteiger partial charge is 0.0375 e. The molecular weight excluding hydrogens is 362 g/mol. The number of aryl methyl sites for hydroxylation is 1. The van der Waals surface area contributed by atoms with Gasteiger partial charge in [-0.3, -0.25) is 0 Å². The number of nitrogens with zero attached hydrogens (tertiary/aromatic N) is 1. The van der Waals surface area contributed by atoms with E-state index in [-0.39, 0.29) is 0 Å². The van der Waals surface area contributed by atoms with Crippen LogP contribution in [0, 0.1) is 6.92 Å². The van der Waals surface area contributed by atoms with Gasteiger partial charge in [0.15, 0.2) is 0 Å². The van der Waals surface area contributed by atoms with Crippen LogP contribution in [-0.4, -0.2) is 12.6 Å². The highest BCUT2D eigenvalue weighted by Crippen LogP contribution is 2.42. The maximum atomic E-state index is 2.71. The summed E-state index contributed by atoms with van der Waals surface area (Å²) in [6.45, 7) is 5.74. The van der Waals surface area contributed by atoms with Crippen molar-refractivity contribution >= 4 is 5.69 Å². The van der Waals surface area contributed by atoms with E-state index in [9.17, 15) is 0 Å². The molecule has 0 bridgehead atoms. The van der Waals surface area contributed by atoms with Crippen LogP contribution in [0.4, 0.5) is 5.69 Å². The van der Waals surface area contributed by atoms with Crippen molar-refractivity contribution in [2.75, 3.05) is 11.4 Å². The van der Waals surface area contributed by atoms with Gasteiger partial charge in [0.25, 0.3) is 0 Å². The van der Waals surface area contributed by atoms with Crippen LogP contribution in [0.25, 0.3) is 22.3 Å². The van der Waals surface area contributed by atoms with Crippen molar-refractivity contribution in [2.45, 2.75) is 64.8 Å². The third-order valence-corrected chi connectivity index (χ3v) is 7.11. The lowest BCUT2D eigenvalue weighted by atomic mass is 9.93. The van der Waals surface area contributed by atoms with Crippen LogP contribution in [0.1, 0.15) is 62.1 Å². The summed E-state index contributed by atoms with van der Waals surface area (Å²) in [7, 11) is 0. The Balaban J connectivity index is 1.52. The van der Waals surface area contributed by atoms with Gasteiger partial charge in [0, 0.05) is 18.3 Å². The molecule has 0 aromatic heterocycles. The molecule has 3 aromatic carbocycles. The van der Waals surface area contributed by atoms with Crippen molar-refractivity contribution in [2.24, 2.45) is 0 Å². The van der Waals surface area contributed by atoms with Crippen molar-refractivity contribution in [1.29, 1.82) is 0 Å². The molecule has 0 N–H and O–H groups in total. The number of hydrogen-bond donors (Lipinski definition) is 0. The zero-order valence-corrected chi connectivity index (χ0v) is 18.5. The molecule has 0 spiro atoms. The Bertz CT molecular complexity index is 1030. The monoisotopic (exact) mass is 395 g/mol. The summed E-state index contributed by atoms with van der Waals surface area (Å²) in [4.78, 5) is 2.71. The fourth-order valence-corrected chi connectivity index (χ4v) is 5.59. The van der Waals surface area contributed by atoms with Crippen molar-refractivity contribution in [3.63, 3.8) is 0 Å². The van der Waals surface area contributed by atoms with E-state index in [1.54, 1.807) is 0 Å². The van der Waals surface area contributed by atoms with Crippen LogP contribution in [0.3, 0.4) is 0 Å². The second-order valence-corrected chi connectivity index (χ2v) is 9.19. The molecular formula is C29H33N. The van der Waals surface area contributed by atoms with Gasteiger partial charge in [0.05, 0.1) is 0 Å². The molecule has 1 nitrogen and oxygen atoms in total. The van der Waals surface area contributed by atoms with Gasteiger partial charge in [-0.1, -0.05) is 68.7 Å². The average Bonchev–Trinajstić information content (AvgIpc) is 3.15. The first-order valence-corrected chi connectivity index (χ1v) is 11.8. The normalized spacial score (nSPS) is 15.7. The fourth-order valence-electron chi connectivity index (χ4n) is 5.59. The summed E-state index contributed by atoms with van der Waals surface area (Å²) in [6, 6.07) is 23.7. The van der Waals surface area contributed by atoms with Crippen LogP contribution in [0.2, 0.25) is 0 Å². The van der Waals surface area contributed by atoms with E-state index in [1.807, 2.05) is 0 Å². The maximum Gasteiger partial charge on any atom is 0.0375 e. The first kappa shape index (κ1) is 19.4. The first-order valence-electron chi connectivity index (χ1n) is 11.8. The fraction of sp³-hybridized carbons (Fsp3) is 0.379. The molecule has 0 atom stereocenters. The average molecular weight is 396 g/mol. The SMILES string of the molecule is CCCN(c1ccc2c(c1)-c1cc(C)c(-c3ccccc3)cc1C2)C1CCCCC1. The molecule has 2 aliphatic rings. The molecule has 2 aliphatic carbocycles. The third kappa shape index (κ3) is 3.55. The molecule has 0 aliphatic heterocycles. The van der Waals surface area contributed by atoms with Crippen LogP contribution in [-0.2, 0) is 6.42 Å². The van der Waals surface area contributed by atoms with E-state index in [1.165, 1.54) is 89.7 Å². The third-order valence-electron chi connectivity index (χ3n) is 7.11. The number of hydrogen-bond acceptors (Lipinski definition) is 1. The molecule has 5 rings (SSSR count). The summed E-state index contributed by atoms with van der Waals surface area (Å²) >= 11 is 0. The molecule has 3 aromatic rings. The minimum atomic E-state index is 0.722. The zero-order valence-electron chi connectivity index (χ0n) is 18.5. The lowest BCUT2D eigenvalue weighted by Gasteiger charge is -2.36. The largest absolute Gasteiger partial charge is 0.369 e. The van der Waals surface area contributed by atoms with Crippen molar-refractivity contribution in [1.82, 2.24) is 0 Å². The Hall–Kier alpha value is -2.54. The van der Waals surface area contributed by atoms with E-state index in [2.05, 4.69) is 79.4 Å². The Morgan fingerprint density at radius 1 is 0.800 bits per heavy atom. The highest BCUT2D eigenvalue weighted by molar-refractivity contribution is 5.83. The topological polar surface area (TPSA) is 3.24 Å². The number of fused-ring (bicyclic) bond motifs is 3. The van der Waals surface area contributed by atoms with Gasteiger partial charge in [0.1, 0.15) is 0 Å². The first-order chi connectivity index (χ1) is 14.7. The highest BCUT2D eigenvalue weighted by atomic mass is 15.2. The van der Waals surface area contributed by atoms with Gasteiger partial charge < -0.3 is 4.90 Å². The maximum absolute atomic E-state index is 2.71. The molecule has 0 heterocycles. The number of anilines is 1. The minimum absolute atomic E-state index is 0.722. The van der Waals surface area contributed by atoms with E-state index >= 15 is 0 Å². The summed E-state index contributed by atoms with van der Waals surface area (Å²) in [5.74, 6) is 0. The van der Waals surface area contributed by atoms with Crippen LogP contribution in [0.5, 0.6) is 0 Å². The van der Waals surface area contributed by atoms with E-state index < -0.39 is 0 Å². The Morgan fingerprint density at radius 3 is 2.33 bits per heavy atom. The summed E-state index contributed by atoms with van der Waals surface area (Å²) in [5.41, 5.74) is 11.4. The van der Waals surface area contributed by atoms with E-state index in [0.717, 1.165) is 12.5 Å². The van der Waals surface area contributed by atoms with Gasteiger partial charge in [-0.25, -0.2) is 0 Å². The molecule has 0 radical (unpaired) electrons. The quantitative estimate of drug-likeness (QED) is 0.333. The van der Waals surface area contributed by atoms with Crippen LogP contribution in [0.15, 0.2) is 60.7 Å². The predicted molar refractivity (Wildman–Crippen MR) is 129 cm³/mol. The summed E-state index contributed by atoms with van der Waals surface area (Å²) in [6.07, 6.45) is 9.17. The highest BCUT2D eigenvalue weighted by Gasteiger charge is 2.25. The molecule has 154 valence electrons. The molecule has 30 heavy (non-hydrogen) atoms.